The number of allylic oxidation sites excluding steroid dienone is 3. The first-order valence-corrected chi connectivity index (χ1v) is 17.2. The van der Waals surface area contributed by atoms with Crippen molar-refractivity contribution in [2.24, 2.45) is 17.8 Å². The molecule has 10 atom stereocenters. The number of amides is 1. The molecule has 0 aromatic carbocycles. The number of aliphatic hydroxyl groups is 2. The van der Waals surface area contributed by atoms with E-state index in [-0.39, 0.29) is 55.3 Å². The number of piperazine rings is 1. The van der Waals surface area contributed by atoms with Gasteiger partial charge in [0.2, 0.25) is 0 Å². The Morgan fingerprint density at radius 3 is 2.49 bits per heavy atom. The molecule has 2 fully saturated rings. The fraction of sp³-hybridized carbons (Fsp3) is 0.750. The molecule has 266 valence electrons. The quantitative estimate of drug-likeness (QED) is 0.114. The summed E-state index contributed by atoms with van der Waals surface area (Å²) >= 11 is 0. The van der Waals surface area contributed by atoms with Crippen LogP contribution in [0.3, 0.4) is 0 Å². The highest BCUT2D eigenvalue weighted by Crippen LogP contribution is 2.36. The standard InChI is InChI=1S/C36H58N2O9/c1-9-29(41)26(5)34-30(44-34)21-23(2)11-10-12-24(3)33-25(4)13-14-31(45-35(43)38-19-17-37(8)18-20-38)36(7,47-27(6)39)16-15-28(40)22-32(42)46-33/h10-14,23,25-26,28-31,33-34,40-41H,9,15-22H2,1-8H3/b11-10+,14-13+,24-12+/t23-,25+,26-,28-,29+,30-,31+,33-,34-,36-/m1/s1. The molecule has 1 amide bonds. The molecule has 3 aliphatic heterocycles. The fourth-order valence-electron chi connectivity index (χ4n) is 6.39. The number of aliphatic hydroxyl groups excluding tert-OH is 2. The van der Waals surface area contributed by atoms with Crippen molar-refractivity contribution in [3.8, 4) is 0 Å². The second-order valence-corrected chi connectivity index (χ2v) is 14.0. The van der Waals surface area contributed by atoms with E-state index in [1.807, 2.05) is 53.0 Å². The smallest absolute Gasteiger partial charge is 0.410 e. The van der Waals surface area contributed by atoms with Crippen LogP contribution in [0.5, 0.6) is 0 Å². The molecule has 0 aromatic heterocycles. The van der Waals surface area contributed by atoms with E-state index in [1.54, 1.807) is 17.9 Å². The highest BCUT2D eigenvalue weighted by atomic mass is 16.6. The lowest BCUT2D eigenvalue weighted by atomic mass is 9.88. The molecule has 2 saturated heterocycles. The molecule has 3 aliphatic rings. The van der Waals surface area contributed by atoms with E-state index >= 15 is 0 Å². The Kier molecular flexibility index (Phi) is 14.5. The molecule has 2 N–H and O–H groups in total. The van der Waals surface area contributed by atoms with Crippen molar-refractivity contribution in [1.29, 1.82) is 0 Å². The van der Waals surface area contributed by atoms with Crippen molar-refractivity contribution in [3.05, 3.63) is 36.0 Å². The fourth-order valence-corrected chi connectivity index (χ4v) is 6.39. The van der Waals surface area contributed by atoms with Gasteiger partial charge in [-0.25, -0.2) is 4.79 Å². The average Bonchev–Trinajstić information content (AvgIpc) is 3.77. The zero-order chi connectivity index (χ0) is 34.9. The maximum atomic E-state index is 13.3. The predicted molar refractivity (Wildman–Crippen MR) is 178 cm³/mol. The Labute approximate surface area is 280 Å². The monoisotopic (exact) mass is 662 g/mol. The Hall–Kier alpha value is -2.73. The molecule has 3 heterocycles. The lowest BCUT2D eigenvalue weighted by molar-refractivity contribution is -0.168. The van der Waals surface area contributed by atoms with Crippen LogP contribution in [0.2, 0.25) is 0 Å². The number of hydrogen-bond donors (Lipinski definition) is 2. The molecule has 47 heavy (non-hydrogen) atoms. The third kappa shape index (κ3) is 11.7. The Balaban J connectivity index is 1.79. The summed E-state index contributed by atoms with van der Waals surface area (Å²) in [4.78, 5) is 42.2. The van der Waals surface area contributed by atoms with Crippen LogP contribution in [0.15, 0.2) is 36.0 Å². The van der Waals surface area contributed by atoms with E-state index < -0.39 is 41.9 Å². The minimum absolute atomic E-state index is 0.0871. The van der Waals surface area contributed by atoms with Crippen LogP contribution in [0.25, 0.3) is 0 Å². The van der Waals surface area contributed by atoms with Gasteiger partial charge in [0.1, 0.15) is 11.7 Å². The van der Waals surface area contributed by atoms with Gasteiger partial charge in [-0.05, 0) is 64.1 Å². The summed E-state index contributed by atoms with van der Waals surface area (Å²) in [5, 5.41) is 20.9. The van der Waals surface area contributed by atoms with Gasteiger partial charge in [-0.3, -0.25) is 9.59 Å². The predicted octanol–water partition coefficient (Wildman–Crippen LogP) is 4.41. The van der Waals surface area contributed by atoms with Gasteiger partial charge in [-0.2, -0.15) is 0 Å². The van der Waals surface area contributed by atoms with Crippen LogP contribution in [-0.4, -0.2) is 113 Å². The van der Waals surface area contributed by atoms with Gasteiger partial charge < -0.3 is 39.0 Å². The summed E-state index contributed by atoms with van der Waals surface area (Å²) < 4.78 is 23.5. The first-order valence-electron chi connectivity index (χ1n) is 17.2. The number of nitrogens with zero attached hydrogens (tertiary/aromatic N) is 2. The van der Waals surface area contributed by atoms with Crippen LogP contribution in [0.1, 0.15) is 80.6 Å². The van der Waals surface area contributed by atoms with Crippen molar-refractivity contribution in [3.63, 3.8) is 0 Å². The Morgan fingerprint density at radius 2 is 1.85 bits per heavy atom. The van der Waals surface area contributed by atoms with E-state index in [1.165, 1.54) is 6.92 Å². The van der Waals surface area contributed by atoms with Gasteiger partial charge in [-0.1, -0.05) is 52.0 Å². The molecular weight excluding hydrogens is 604 g/mol. The number of hydrogen-bond acceptors (Lipinski definition) is 10. The van der Waals surface area contributed by atoms with Crippen LogP contribution in [0.4, 0.5) is 4.79 Å². The van der Waals surface area contributed by atoms with Crippen molar-refractivity contribution >= 4 is 18.0 Å². The van der Waals surface area contributed by atoms with E-state index in [2.05, 4.69) is 17.9 Å². The Morgan fingerprint density at radius 1 is 1.17 bits per heavy atom. The van der Waals surface area contributed by atoms with Crippen molar-refractivity contribution in [1.82, 2.24) is 9.80 Å². The van der Waals surface area contributed by atoms with Crippen LogP contribution < -0.4 is 0 Å². The largest absolute Gasteiger partial charge is 0.457 e. The molecule has 0 radical (unpaired) electrons. The molecule has 3 rings (SSSR count). The lowest BCUT2D eigenvalue weighted by Crippen LogP contribution is -2.51. The SMILES string of the molecule is CC[C@H](O)[C@@H](C)[C@H]1O[C@@H]1C[C@H](C)/C=C/C=C(\C)[C@H]1OC(=O)C[C@H](O)CC[C@@](C)(OC(C)=O)[C@@H](OC(=O)N2CCN(C)CC2)/C=C/[C@@H]1C. The average molecular weight is 663 g/mol. The molecule has 0 bridgehead atoms. The van der Waals surface area contributed by atoms with Gasteiger partial charge in [0, 0.05) is 44.9 Å². The highest BCUT2D eigenvalue weighted by molar-refractivity contribution is 5.71. The third-order valence-electron chi connectivity index (χ3n) is 9.69. The van der Waals surface area contributed by atoms with Crippen LogP contribution in [0, 0.1) is 17.8 Å². The molecule has 11 nitrogen and oxygen atoms in total. The van der Waals surface area contributed by atoms with Gasteiger partial charge >= 0.3 is 18.0 Å². The van der Waals surface area contributed by atoms with E-state index in [0.29, 0.717) is 19.5 Å². The molecular formula is C36H58N2O9. The summed E-state index contributed by atoms with van der Waals surface area (Å²) in [5.74, 6) is -1.06. The highest BCUT2D eigenvalue weighted by Gasteiger charge is 2.45. The van der Waals surface area contributed by atoms with Gasteiger partial charge in [0.15, 0.2) is 6.10 Å². The number of esters is 2. The maximum Gasteiger partial charge on any atom is 0.410 e. The number of cyclic esters (lactones) is 1. The first kappa shape index (κ1) is 38.7. The van der Waals surface area contributed by atoms with Crippen LogP contribution >= 0.6 is 0 Å². The van der Waals surface area contributed by atoms with Gasteiger partial charge in [0.25, 0.3) is 0 Å². The normalized spacial score (nSPS) is 34.0. The molecule has 0 saturated carbocycles. The zero-order valence-corrected chi connectivity index (χ0v) is 29.6. The van der Waals surface area contributed by atoms with E-state index in [4.69, 9.17) is 18.9 Å². The first-order chi connectivity index (χ1) is 22.1. The summed E-state index contributed by atoms with van der Waals surface area (Å²) in [6, 6.07) is 0. The summed E-state index contributed by atoms with van der Waals surface area (Å²) in [6.45, 7) is 15.4. The number of likely N-dealkylation sites (N-methyl/N-ethyl adjacent to an activating group) is 1. The number of carbonyl (C=O) groups excluding carboxylic acids is 3. The summed E-state index contributed by atoms with van der Waals surface area (Å²) in [6.07, 6.45) is 7.88. The second kappa shape index (κ2) is 17.6. The van der Waals surface area contributed by atoms with Crippen molar-refractivity contribution in [2.75, 3.05) is 33.2 Å². The maximum absolute atomic E-state index is 13.3. The van der Waals surface area contributed by atoms with E-state index in [9.17, 15) is 24.6 Å². The molecule has 0 unspecified atom stereocenters. The molecule has 0 aliphatic carbocycles. The minimum Gasteiger partial charge on any atom is -0.457 e. The molecule has 0 spiro atoms. The lowest BCUT2D eigenvalue weighted by Gasteiger charge is -2.38. The zero-order valence-electron chi connectivity index (χ0n) is 29.6. The third-order valence-corrected chi connectivity index (χ3v) is 9.69. The minimum atomic E-state index is -1.27. The summed E-state index contributed by atoms with van der Waals surface area (Å²) in [7, 11) is 2.00. The number of ether oxygens (including phenoxy) is 4. The molecule has 0 aromatic rings. The van der Waals surface area contributed by atoms with Crippen molar-refractivity contribution in [2.45, 2.75) is 123 Å². The van der Waals surface area contributed by atoms with Crippen LogP contribution in [-0.2, 0) is 28.5 Å². The summed E-state index contributed by atoms with van der Waals surface area (Å²) in [5.41, 5.74) is -0.468. The van der Waals surface area contributed by atoms with E-state index in [0.717, 1.165) is 25.1 Å². The van der Waals surface area contributed by atoms with Crippen molar-refractivity contribution < 1.29 is 43.5 Å². The van der Waals surface area contributed by atoms with Gasteiger partial charge in [-0.15, -0.1) is 0 Å². The number of epoxide rings is 1. The number of carbonyl (C=O) groups is 3. The Bertz CT molecular complexity index is 1150. The number of rotatable bonds is 10. The second-order valence-electron chi connectivity index (χ2n) is 14.0. The van der Waals surface area contributed by atoms with Gasteiger partial charge in [0.05, 0.1) is 30.8 Å². The topological polar surface area (TPSA) is 138 Å². The molecule has 11 heteroatoms.